The Bertz CT molecular complexity index is 665. The van der Waals surface area contributed by atoms with Gasteiger partial charge in [-0.1, -0.05) is 31.5 Å². The zero-order valence-corrected chi connectivity index (χ0v) is 13.1. The van der Waals surface area contributed by atoms with Crippen molar-refractivity contribution in [1.29, 1.82) is 0 Å². The van der Waals surface area contributed by atoms with Crippen LogP contribution in [0.3, 0.4) is 0 Å². The van der Waals surface area contributed by atoms with Gasteiger partial charge in [-0.3, -0.25) is 0 Å². The molecular formula is C12H16N2O2S3. The van der Waals surface area contributed by atoms with Gasteiger partial charge in [0.05, 0.1) is 15.1 Å². The van der Waals surface area contributed by atoms with Gasteiger partial charge in [-0.25, -0.2) is 18.5 Å². The van der Waals surface area contributed by atoms with Crippen LogP contribution in [0.25, 0.3) is 10.2 Å². The van der Waals surface area contributed by atoms with Crippen molar-refractivity contribution in [2.45, 2.75) is 35.4 Å². The van der Waals surface area contributed by atoms with Crippen LogP contribution < -0.4 is 5.14 Å². The number of thioether (sulfide) groups is 1. The standard InChI is InChI=1S/C12H16N2O2S3/c1-2-3-4-7-17-12-14-10-6-5-9(19(13,15)16)8-11(10)18-12/h5-6,8H,2-4,7H2,1H3,(H2,13,15,16). The highest BCUT2D eigenvalue weighted by molar-refractivity contribution is 8.01. The Kier molecular flexibility index (Phi) is 4.83. The van der Waals surface area contributed by atoms with Crippen molar-refractivity contribution in [3.8, 4) is 0 Å². The fraction of sp³-hybridized carbons (Fsp3) is 0.417. The molecule has 1 heterocycles. The second-order valence-corrected chi connectivity index (χ2v) is 8.14. The molecule has 0 saturated carbocycles. The zero-order valence-electron chi connectivity index (χ0n) is 10.6. The second-order valence-electron chi connectivity index (χ2n) is 4.21. The number of primary sulfonamides is 1. The Morgan fingerprint density at radius 2 is 2.16 bits per heavy atom. The molecule has 2 aromatic rings. The quantitative estimate of drug-likeness (QED) is 0.656. The lowest BCUT2D eigenvalue weighted by molar-refractivity contribution is 0.598. The van der Waals surface area contributed by atoms with E-state index in [0.717, 1.165) is 20.3 Å². The Morgan fingerprint density at radius 1 is 1.37 bits per heavy atom. The molecule has 0 radical (unpaired) electrons. The number of nitrogens with zero attached hydrogens (tertiary/aromatic N) is 1. The van der Waals surface area contributed by atoms with Gasteiger partial charge in [-0.2, -0.15) is 0 Å². The lowest BCUT2D eigenvalue weighted by Gasteiger charge is -1.95. The van der Waals surface area contributed by atoms with Gasteiger partial charge in [0, 0.05) is 5.75 Å². The van der Waals surface area contributed by atoms with Crippen molar-refractivity contribution in [1.82, 2.24) is 4.98 Å². The summed E-state index contributed by atoms with van der Waals surface area (Å²) in [4.78, 5) is 4.62. The molecule has 0 fully saturated rings. The van der Waals surface area contributed by atoms with Crippen LogP contribution in [-0.2, 0) is 10.0 Å². The fourth-order valence-electron chi connectivity index (χ4n) is 1.63. The van der Waals surface area contributed by atoms with Crippen molar-refractivity contribution >= 4 is 43.3 Å². The van der Waals surface area contributed by atoms with E-state index in [-0.39, 0.29) is 4.90 Å². The number of nitrogens with two attached hydrogens (primary N) is 1. The van der Waals surface area contributed by atoms with E-state index in [2.05, 4.69) is 11.9 Å². The molecule has 104 valence electrons. The van der Waals surface area contributed by atoms with Gasteiger partial charge >= 0.3 is 0 Å². The predicted molar refractivity (Wildman–Crippen MR) is 81.2 cm³/mol. The highest BCUT2D eigenvalue weighted by atomic mass is 32.2. The molecule has 0 aliphatic carbocycles. The van der Waals surface area contributed by atoms with E-state index in [4.69, 9.17) is 5.14 Å². The summed E-state index contributed by atoms with van der Waals surface area (Å²) in [6.45, 7) is 2.18. The Hall–Kier alpha value is -0.630. The summed E-state index contributed by atoms with van der Waals surface area (Å²) in [5.74, 6) is 1.05. The van der Waals surface area contributed by atoms with E-state index in [1.165, 1.54) is 36.7 Å². The second kappa shape index (κ2) is 6.21. The van der Waals surface area contributed by atoms with Crippen molar-refractivity contribution in [3.05, 3.63) is 18.2 Å². The monoisotopic (exact) mass is 316 g/mol. The maximum atomic E-state index is 11.3. The van der Waals surface area contributed by atoms with Crippen LogP contribution in [0.15, 0.2) is 27.4 Å². The van der Waals surface area contributed by atoms with Crippen molar-refractivity contribution in [2.24, 2.45) is 5.14 Å². The molecule has 0 saturated heterocycles. The first kappa shape index (κ1) is 14.8. The first-order valence-corrected chi connectivity index (χ1v) is 9.41. The number of unbranched alkanes of at least 4 members (excludes halogenated alkanes) is 2. The molecule has 0 aliphatic heterocycles. The lowest BCUT2D eigenvalue weighted by Crippen LogP contribution is -2.11. The molecule has 7 heteroatoms. The van der Waals surface area contributed by atoms with Gasteiger partial charge in [0.25, 0.3) is 0 Å². The van der Waals surface area contributed by atoms with Crippen LogP contribution in [0.4, 0.5) is 0 Å². The van der Waals surface area contributed by atoms with E-state index in [1.54, 1.807) is 23.9 Å². The summed E-state index contributed by atoms with van der Waals surface area (Å²) < 4.78 is 24.4. The number of hydrogen-bond donors (Lipinski definition) is 1. The third-order valence-electron chi connectivity index (χ3n) is 2.64. The van der Waals surface area contributed by atoms with Crippen LogP contribution in [0.2, 0.25) is 0 Å². The number of hydrogen-bond acceptors (Lipinski definition) is 5. The van der Waals surface area contributed by atoms with Gasteiger partial charge in [0.2, 0.25) is 10.0 Å². The first-order chi connectivity index (χ1) is 9.00. The molecular weight excluding hydrogens is 300 g/mol. The van der Waals surface area contributed by atoms with Crippen LogP contribution in [0.1, 0.15) is 26.2 Å². The molecule has 1 aromatic carbocycles. The third-order valence-corrected chi connectivity index (χ3v) is 5.80. The van der Waals surface area contributed by atoms with E-state index in [9.17, 15) is 8.42 Å². The molecule has 2 rings (SSSR count). The maximum absolute atomic E-state index is 11.3. The molecule has 2 N–H and O–H groups in total. The Balaban J connectivity index is 2.17. The fourth-order valence-corrected chi connectivity index (χ4v) is 4.43. The number of aromatic nitrogens is 1. The van der Waals surface area contributed by atoms with Crippen LogP contribution in [0, 0.1) is 0 Å². The molecule has 0 unspecified atom stereocenters. The third kappa shape index (κ3) is 3.92. The van der Waals surface area contributed by atoms with Gasteiger partial charge < -0.3 is 0 Å². The molecule has 4 nitrogen and oxygen atoms in total. The van der Waals surface area contributed by atoms with Crippen molar-refractivity contribution in [2.75, 3.05) is 5.75 Å². The molecule has 0 spiro atoms. The average molecular weight is 316 g/mol. The van der Waals surface area contributed by atoms with E-state index >= 15 is 0 Å². The predicted octanol–water partition coefficient (Wildman–Crippen LogP) is 3.23. The number of rotatable bonds is 6. The summed E-state index contributed by atoms with van der Waals surface area (Å²) in [6, 6.07) is 4.81. The average Bonchev–Trinajstić information content (AvgIpc) is 2.75. The summed E-state index contributed by atoms with van der Waals surface area (Å²) in [5.41, 5.74) is 0.829. The summed E-state index contributed by atoms with van der Waals surface area (Å²) in [7, 11) is -3.64. The van der Waals surface area contributed by atoms with Gasteiger partial charge in [0.15, 0.2) is 4.34 Å². The lowest BCUT2D eigenvalue weighted by atomic mass is 10.3. The normalized spacial score (nSPS) is 12.1. The maximum Gasteiger partial charge on any atom is 0.238 e. The number of fused-ring (bicyclic) bond motifs is 1. The molecule has 1 aromatic heterocycles. The molecule has 0 bridgehead atoms. The van der Waals surface area contributed by atoms with Crippen LogP contribution in [-0.4, -0.2) is 19.2 Å². The highest BCUT2D eigenvalue weighted by Crippen LogP contribution is 2.31. The zero-order chi connectivity index (χ0) is 13.9. The topological polar surface area (TPSA) is 73.0 Å². The van der Waals surface area contributed by atoms with E-state index in [1.807, 2.05) is 0 Å². The molecule has 0 atom stereocenters. The van der Waals surface area contributed by atoms with Gasteiger partial charge in [-0.15, -0.1) is 11.3 Å². The minimum absolute atomic E-state index is 0.145. The summed E-state index contributed by atoms with van der Waals surface area (Å²) in [5, 5.41) is 5.12. The first-order valence-electron chi connectivity index (χ1n) is 6.07. The molecule has 0 aliphatic rings. The number of thiazole rings is 1. The van der Waals surface area contributed by atoms with Crippen LogP contribution >= 0.6 is 23.1 Å². The Labute approximate surface area is 121 Å². The highest BCUT2D eigenvalue weighted by Gasteiger charge is 2.11. The van der Waals surface area contributed by atoms with Crippen molar-refractivity contribution in [3.63, 3.8) is 0 Å². The van der Waals surface area contributed by atoms with E-state index in [0.29, 0.717) is 0 Å². The minimum atomic E-state index is -3.64. The van der Waals surface area contributed by atoms with E-state index < -0.39 is 10.0 Å². The minimum Gasteiger partial charge on any atom is -0.230 e. The van der Waals surface area contributed by atoms with Gasteiger partial charge in [-0.05, 0) is 24.6 Å². The molecule has 0 amide bonds. The SMILES string of the molecule is CCCCCSc1nc2ccc(S(N)(=O)=O)cc2s1. The molecule has 19 heavy (non-hydrogen) atoms. The number of benzene rings is 1. The van der Waals surface area contributed by atoms with Crippen LogP contribution in [0.5, 0.6) is 0 Å². The number of sulfonamides is 1. The largest absolute Gasteiger partial charge is 0.238 e. The van der Waals surface area contributed by atoms with Gasteiger partial charge in [0.1, 0.15) is 0 Å². The summed E-state index contributed by atoms with van der Waals surface area (Å²) >= 11 is 3.24. The summed E-state index contributed by atoms with van der Waals surface area (Å²) in [6.07, 6.45) is 3.62. The smallest absolute Gasteiger partial charge is 0.230 e. The van der Waals surface area contributed by atoms with Crippen molar-refractivity contribution < 1.29 is 8.42 Å². The Morgan fingerprint density at radius 3 is 2.84 bits per heavy atom.